The molecule has 0 spiro atoms. The summed E-state index contributed by atoms with van der Waals surface area (Å²) in [4.78, 5) is 14.3. The van der Waals surface area contributed by atoms with Gasteiger partial charge < -0.3 is 9.64 Å². The van der Waals surface area contributed by atoms with E-state index in [1.54, 1.807) is 0 Å². The van der Waals surface area contributed by atoms with Crippen molar-refractivity contribution in [2.24, 2.45) is 0 Å². The second-order valence-electron chi connectivity index (χ2n) is 6.45. The van der Waals surface area contributed by atoms with Crippen LogP contribution in [-0.2, 0) is 4.79 Å². The van der Waals surface area contributed by atoms with Crippen molar-refractivity contribution in [3.63, 3.8) is 0 Å². The van der Waals surface area contributed by atoms with Crippen LogP contribution in [0.5, 0.6) is 5.75 Å². The van der Waals surface area contributed by atoms with Crippen molar-refractivity contribution in [3.8, 4) is 5.75 Å². The number of hydrogen-bond donors (Lipinski definition) is 0. The predicted octanol–water partition coefficient (Wildman–Crippen LogP) is 4.40. The van der Waals surface area contributed by atoms with Crippen LogP contribution in [0.25, 0.3) is 10.8 Å². The Labute approximate surface area is 138 Å². The SMILES string of the molecule is CN(C(=O)COc1ccc2ccccc2c1)C1CCCCCC1. The second-order valence-corrected chi connectivity index (χ2v) is 6.45. The summed E-state index contributed by atoms with van der Waals surface area (Å²) in [6.45, 7) is 0.116. The van der Waals surface area contributed by atoms with E-state index in [9.17, 15) is 4.79 Å². The Morgan fingerprint density at radius 3 is 2.48 bits per heavy atom. The van der Waals surface area contributed by atoms with E-state index < -0.39 is 0 Å². The number of amides is 1. The first-order valence-electron chi connectivity index (χ1n) is 8.61. The Morgan fingerprint density at radius 1 is 1.04 bits per heavy atom. The van der Waals surface area contributed by atoms with Gasteiger partial charge in [-0.2, -0.15) is 0 Å². The molecule has 0 N–H and O–H groups in total. The number of carbonyl (C=O) groups excluding carboxylic acids is 1. The van der Waals surface area contributed by atoms with Crippen molar-refractivity contribution < 1.29 is 9.53 Å². The molecule has 1 aliphatic rings. The molecule has 3 heteroatoms. The second kappa shape index (κ2) is 7.49. The molecule has 0 radical (unpaired) electrons. The lowest BCUT2D eigenvalue weighted by Crippen LogP contribution is -2.39. The maximum Gasteiger partial charge on any atom is 0.260 e. The van der Waals surface area contributed by atoms with Crippen LogP contribution >= 0.6 is 0 Å². The first-order chi connectivity index (χ1) is 11.2. The fraction of sp³-hybridized carbons (Fsp3) is 0.450. The van der Waals surface area contributed by atoms with Gasteiger partial charge >= 0.3 is 0 Å². The highest BCUT2D eigenvalue weighted by atomic mass is 16.5. The van der Waals surface area contributed by atoms with E-state index in [0.29, 0.717) is 6.04 Å². The third kappa shape index (κ3) is 4.04. The molecule has 23 heavy (non-hydrogen) atoms. The molecular weight excluding hydrogens is 286 g/mol. The zero-order valence-corrected chi connectivity index (χ0v) is 13.8. The summed E-state index contributed by atoms with van der Waals surface area (Å²) in [5.74, 6) is 0.830. The molecule has 0 heterocycles. The fourth-order valence-corrected chi connectivity index (χ4v) is 3.35. The minimum Gasteiger partial charge on any atom is -0.484 e. The molecule has 0 bridgehead atoms. The van der Waals surface area contributed by atoms with Crippen molar-refractivity contribution in [2.75, 3.05) is 13.7 Å². The normalized spacial score (nSPS) is 16.0. The van der Waals surface area contributed by atoms with Crippen LogP contribution in [0.3, 0.4) is 0 Å². The molecule has 0 unspecified atom stereocenters. The van der Waals surface area contributed by atoms with Gasteiger partial charge in [0.25, 0.3) is 5.91 Å². The van der Waals surface area contributed by atoms with Crippen molar-refractivity contribution in [1.82, 2.24) is 4.90 Å². The molecule has 122 valence electrons. The van der Waals surface area contributed by atoms with Gasteiger partial charge in [0.05, 0.1) is 0 Å². The minimum absolute atomic E-state index is 0.0741. The van der Waals surface area contributed by atoms with Crippen molar-refractivity contribution in [1.29, 1.82) is 0 Å². The number of rotatable bonds is 4. The molecule has 2 aromatic carbocycles. The van der Waals surface area contributed by atoms with Crippen LogP contribution < -0.4 is 4.74 Å². The minimum atomic E-state index is 0.0741. The summed E-state index contributed by atoms with van der Waals surface area (Å²) in [6.07, 6.45) is 7.30. The van der Waals surface area contributed by atoms with E-state index in [1.807, 2.05) is 42.3 Å². The summed E-state index contributed by atoms with van der Waals surface area (Å²) >= 11 is 0. The number of ether oxygens (including phenoxy) is 1. The average Bonchev–Trinajstić information content (AvgIpc) is 2.88. The highest BCUT2D eigenvalue weighted by Gasteiger charge is 2.21. The van der Waals surface area contributed by atoms with Crippen LogP contribution in [0.4, 0.5) is 0 Å². The molecule has 1 amide bonds. The van der Waals surface area contributed by atoms with Crippen molar-refractivity contribution in [3.05, 3.63) is 42.5 Å². The predicted molar refractivity (Wildman–Crippen MR) is 93.7 cm³/mol. The molecule has 3 nitrogen and oxygen atoms in total. The molecular formula is C20H25NO2. The molecule has 0 saturated heterocycles. The van der Waals surface area contributed by atoms with Crippen molar-refractivity contribution in [2.45, 2.75) is 44.6 Å². The third-order valence-corrected chi connectivity index (χ3v) is 4.85. The smallest absolute Gasteiger partial charge is 0.260 e. The summed E-state index contributed by atoms with van der Waals surface area (Å²) < 4.78 is 5.73. The molecule has 0 atom stereocenters. The monoisotopic (exact) mass is 311 g/mol. The average molecular weight is 311 g/mol. The van der Waals surface area contributed by atoms with Crippen LogP contribution in [-0.4, -0.2) is 30.5 Å². The Balaban J connectivity index is 1.58. The van der Waals surface area contributed by atoms with E-state index in [0.717, 1.165) is 24.0 Å². The van der Waals surface area contributed by atoms with Crippen LogP contribution in [0.2, 0.25) is 0 Å². The molecule has 1 aliphatic carbocycles. The van der Waals surface area contributed by atoms with Gasteiger partial charge in [0.2, 0.25) is 0 Å². The number of benzene rings is 2. The molecule has 0 aliphatic heterocycles. The highest BCUT2D eigenvalue weighted by molar-refractivity contribution is 5.84. The summed E-state index contributed by atoms with van der Waals surface area (Å²) in [5, 5.41) is 2.32. The van der Waals surface area contributed by atoms with Gasteiger partial charge in [-0.05, 0) is 35.7 Å². The Kier molecular flexibility index (Phi) is 5.16. The Morgan fingerprint density at radius 2 is 1.74 bits per heavy atom. The summed E-state index contributed by atoms with van der Waals surface area (Å²) in [7, 11) is 1.92. The van der Waals surface area contributed by atoms with Gasteiger partial charge in [-0.25, -0.2) is 0 Å². The van der Waals surface area contributed by atoms with Crippen molar-refractivity contribution >= 4 is 16.7 Å². The Bertz CT molecular complexity index is 659. The molecule has 2 aromatic rings. The number of hydrogen-bond acceptors (Lipinski definition) is 2. The first-order valence-corrected chi connectivity index (χ1v) is 8.61. The lowest BCUT2D eigenvalue weighted by Gasteiger charge is -2.27. The van der Waals surface area contributed by atoms with Gasteiger partial charge in [-0.3, -0.25) is 4.79 Å². The quantitative estimate of drug-likeness (QED) is 0.783. The van der Waals surface area contributed by atoms with Crippen LogP contribution in [0.1, 0.15) is 38.5 Å². The van der Waals surface area contributed by atoms with Crippen LogP contribution in [0.15, 0.2) is 42.5 Å². The number of nitrogens with zero attached hydrogens (tertiary/aromatic N) is 1. The van der Waals surface area contributed by atoms with E-state index in [1.165, 1.54) is 31.1 Å². The number of carbonyl (C=O) groups is 1. The Hall–Kier alpha value is -2.03. The van der Waals surface area contributed by atoms with E-state index in [2.05, 4.69) is 12.1 Å². The first kappa shape index (κ1) is 15.9. The zero-order valence-electron chi connectivity index (χ0n) is 13.8. The van der Waals surface area contributed by atoms with Gasteiger partial charge in [-0.1, -0.05) is 56.0 Å². The lowest BCUT2D eigenvalue weighted by molar-refractivity contribution is -0.134. The van der Waals surface area contributed by atoms with E-state index in [-0.39, 0.29) is 12.5 Å². The standard InChI is InChI=1S/C20H25NO2/c1-21(18-10-4-2-3-5-11-18)20(22)15-23-19-13-12-16-8-6-7-9-17(16)14-19/h6-9,12-14,18H,2-5,10-11,15H2,1H3. The summed E-state index contributed by atoms with van der Waals surface area (Å²) in [5.41, 5.74) is 0. The lowest BCUT2D eigenvalue weighted by atomic mass is 10.1. The fourth-order valence-electron chi connectivity index (χ4n) is 3.35. The highest BCUT2D eigenvalue weighted by Crippen LogP contribution is 2.22. The zero-order chi connectivity index (χ0) is 16.1. The molecule has 0 aromatic heterocycles. The molecule has 3 rings (SSSR count). The number of fused-ring (bicyclic) bond motifs is 1. The van der Waals surface area contributed by atoms with Gasteiger partial charge in [-0.15, -0.1) is 0 Å². The van der Waals surface area contributed by atoms with Gasteiger partial charge in [0.1, 0.15) is 5.75 Å². The van der Waals surface area contributed by atoms with Gasteiger partial charge in [0, 0.05) is 13.1 Å². The summed E-state index contributed by atoms with van der Waals surface area (Å²) in [6, 6.07) is 14.5. The molecule has 1 saturated carbocycles. The van der Waals surface area contributed by atoms with Crippen LogP contribution in [0, 0.1) is 0 Å². The maximum absolute atomic E-state index is 12.4. The molecule has 1 fully saturated rings. The maximum atomic E-state index is 12.4. The third-order valence-electron chi connectivity index (χ3n) is 4.85. The number of likely N-dealkylation sites (N-methyl/N-ethyl adjacent to an activating group) is 1. The van der Waals surface area contributed by atoms with Gasteiger partial charge in [0.15, 0.2) is 6.61 Å². The largest absolute Gasteiger partial charge is 0.484 e. The topological polar surface area (TPSA) is 29.5 Å². The van der Waals surface area contributed by atoms with E-state index >= 15 is 0 Å². The van der Waals surface area contributed by atoms with E-state index in [4.69, 9.17) is 4.74 Å².